The molecule has 4 unspecified atom stereocenters. The maximum Gasteiger partial charge on any atom is 0.321 e. The van der Waals surface area contributed by atoms with Crippen LogP contribution in [0.5, 0.6) is 17.2 Å². The number of aromatic hydroxyl groups is 2. The normalized spacial score (nSPS) is 26.8. The number of nitrogens with one attached hydrogen (secondary N) is 1. The van der Waals surface area contributed by atoms with Crippen LogP contribution >= 0.6 is 12.4 Å². The number of phenols is 2. The molecule has 16 heteroatoms. The van der Waals surface area contributed by atoms with Crippen LogP contribution in [-0.4, -0.2) is 92.7 Å². The quantitative estimate of drug-likeness (QED) is 0.137. The van der Waals surface area contributed by atoms with Crippen LogP contribution in [0.3, 0.4) is 0 Å². The van der Waals surface area contributed by atoms with Gasteiger partial charge >= 0.3 is 5.97 Å². The monoisotopic (exact) mass is 654 g/mol. The van der Waals surface area contributed by atoms with Crippen molar-refractivity contribution in [2.45, 2.75) is 69.4 Å². The van der Waals surface area contributed by atoms with E-state index in [1.807, 2.05) is 0 Å². The molecule has 6 atom stereocenters. The number of carbonyl (C=O) groups excluding carboxylic acids is 4. The Morgan fingerprint density at radius 2 is 1.78 bits per heavy atom. The Morgan fingerprint density at radius 3 is 2.40 bits per heavy atom. The smallest absolute Gasteiger partial charge is 0.321 e. The second-order valence-electron chi connectivity index (χ2n) is 10.8. The SMILES string of the molecule is COc1cccc2c1C(=O)c1c(O)c3c(c(O)c1C2=O)C[C@@](O)(C(=O)CO)C[C@@H]3OC1CC(NOC(C)=O)C(O)C(C)O1.Cl.N. The Bertz CT molecular complexity index is 1530. The number of aliphatic hydroxyl groups excluding tert-OH is 2. The average Bonchev–Trinajstić information content (AvgIpc) is 2.97. The van der Waals surface area contributed by atoms with E-state index in [1.54, 1.807) is 0 Å². The Morgan fingerprint density at radius 1 is 1.11 bits per heavy atom. The number of hydroxylamine groups is 1. The third-order valence-corrected chi connectivity index (χ3v) is 8.11. The molecular formula is C29H35ClN2O13. The Labute approximate surface area is 263 Å². The van der Waals surface area contributed by atoms with Gasteiger partial charge in [0.1, 0.15) is 29.5 Å². The van der Waals surface area contributed by atoms with Crippen LogP contribution < -0.4 is 16.4 Å². The molecule has 9 N–H and O–H groups in total. The van der Waals surface area contributed by atoms with E-state index in [-0.39, 0.29) is 53.0 Å². The van der Waals surface area contributed by atoms with Gasteiger partial charge in [-0.1, -0.05) is 12.1 Å². The number of carbonyl (C=O) groups is 4. The van der Waals surface area contributed by atoms with E-state index in [0.29, 0.717) is 0 Å². The van der Waals surface area contributed by atoms with Crippen LogP contribution in [0.4, 0.5) is 0 Å². The highest BCUT2D eigenvalue weighted by atomic mass is 35.5. The number of Topliss-reactive ketones (excluding diaryl/α,β-unsaturated/α-hetero) is 1. The van der Waals surface area contributed by atoms with Gasteiger partial charge in [0.25, 0.3) is 0 Å². The van der Waals surface area contributed by atoms with Gasteiger partial charge in [-0.25, -0.2) is 0 Å². The van der Waals surface area contributed by atoms with Crippen LogP contribution in [0.1, 0.15) is 75.8 Å². The molecule has 2 aromatic carbocycles. The highest BCUT2D eigenvalue weighted by Crippen LogP contribution is 2.52. The number of phenolic OH excluding ortho intramolecular Hbond substituents is 2. The first kappa shape index (κ1) is 35.8. The van der Waals surface area contributed by atoms with Crippen molar-refractivity contribution in [1.82, 2.24) is 11.6 Å². The van der Waals surface area contributed by atoms with E-state index in [1.165, 1.54) is 32.2 Å². The predicted octanol–water partition coefficient (Wildman–Crippen LogP) is 0.694. The van der Waals surface area contributed by atoms with Crippen molar-refractivity contribution in [1.29, 1.82) is 0 Å². The van der Waals surface area contributed by atoms with Gasteiger partial charge in [-0.3, -0.25) is 19.2 Å². The Balaban J connectivity index is 0.00000276. The fraction of sp³-hybridized carbons (Fsp3) is 0.448. The van der Waals surface area contributed by atoms with E-state index in [0.717, 1.165) is 6.92 Å². The van der Waals surface area contributed by atoms with Crippen molar-refractivity contribution in [2.75, 3.05) is 13.7 Å². The Kier molecular flexibility index (Phi) is 10.6. The third-order valence-electron chi connectivity index (χ3n) is 8.11. The van der Waals surface area contributed by atoms with Crippen LogP contribution in [0.25, 0.3) is 0 Å². The topological polar surface area (TPSA) is 253 Å². The molecule has 0 bridgehead atoms. The van der Waals surface area contributed by atoms with Gasteiger partial charge in [0.15, 0.2) is 17.9 Å². The molecule has 45 heavy (non-hydrogen) atoms. The summed E-state index contributed by atoms with van der Waals surface area (Å²) in [5.74, 6) is -4.65. The number of aliphatic hydroxyl groups is 3. The van der Waals surface area contributed by atoms with Crippen molar-refractivity contribution in [3.05, 3.63) is 51.6 Å². The molecule has 3 aliphatic rings. The number of methoxy groups -OCH3 is 1. The summed E-state index contributed by atoms with van der Waals surface area (Å²) in [5.41, 5.74) is -1.48. The number of halogens is 1. The zero-order chi connectivity index (χ0) is 31.4. The molecule has 0 spiro atoms. The molecule has 0 saturated carbocycles. The van der Waals surface area contributed by atoms with Gasteiger partial charge in [0.05, 0.1) is 48.2 Å². The highest BCUT2D eigenvalue weighted by molar-refractivity contribution is 6.31. The highest BCUT2D eigenvalue weighted by Gasteiger charge is 2.50. The lowest BCUT2D eigenvalue weighted by Crippen LogP contribution is -2.54. The molecule has 1 saturated heterocycles. The molecule has 0 aromatic heterocycles. The second kappa shape index (κ2) is 13.4. The maximum absolute atomic E-state index is 13.7. The minimum absolute atomic E-state index is 0. The van der Waals surface area contributed by atoms with Crippen LogP contribution in [0.2, 0.25) is 0 Å². The van der Waals surface area contributed by atoms with E-state index in [4.69, 9.17) is 19.0 Å². The lowest BCUT2D eigenvalue weighted by atomic mass is 9.72. The van der Waals surface area contributed by atoms with E-state index in [2.05, 4.69) is 5.48 Å². The lowest BCUT2D eigenvalue weighted by molar-refractivity contribution is -0.256. The number of ketones is 3. The average molecular weight is 655 g/mol. The summed E-state index contributed by atoms with van der Waals surface area (Å²) in [7, 11) is 1.31. The minimum Gasteiger partial charge on any atom is -0.507 e. The summed E-state index contributed by atoms with van der Waals surface area (Å²) in [6.45, 7) is 1.63. The first-order valence-electron chi connectivity index (χ1n) is 13.5. The number of ether oxygens (including phenoxy) is 3. The number of hydrogen-bond acceptors (Lipinski definition) is 15. The molecule has 1 heterocycles. The van der Waals surface area contributed by atoms with Crippen molar-refractivity contribution in [3.8, 4) is 17.2 Å². The van der Waals surface area contributed by atoms with Crippen molar-refractivity contribution < 1.29 is 63.8 Å². The molecule has 5 rings (SSSR count). The Hall–Kier alpha value is -3.67. The van der Waals surface area contributed by atoms with Crippen LogP contribution in [0, 0.1) is 0 Å². The van der Waals surface area contributed by atoms with Crippen molar-refractivity contribution >= 4 is 35.7 Å². The molecular weight excluding hydrogens is 620 g/mol. The number of fused-ring (bicyclic) bond motifs is 3. The van der Waals surface area contributed by atoms with Gasteiger partial charge in [0.2, 0.25) is 5.78 Å². The van der Waals surface area contributed by atoms with Gasteiger partial charge in [-0.2, -0.15) is 0 Å². The zero-order valence-corrected chi connectivity index (χ0v) is 25.4. The van der Waals surface area contributed by atoms with Gasteiger partial charge in [0, 0.05) is 42.9 Å². The summed E-state index contributed by atoms with van der Waals surface area (Å²) in [5, 5.41) is 54.4. The van der Waals surface area contributed by atoms with Crippen LogP contribution in [0.15, 0.2) is 18.2 Å². The van der Waals surface area contributed by atoms with E-state index < -0.39 is 102 Å². The summed E-state index contributed by atoms with van der Waals surface area (Å²) in [6.07, 6.45) is -5.87. The maximum atomic E-state index is 13.7. The summed E-state index contributed by atoms with van der Waals surface area (Å²) >= 11 is 0. The largest absolute Gasteiger partial charge is 0.507 e. The predicted molar refractivity (Wildman–Crippen MR) is 155 cm³/mol. The lowest BCUT2D eigenvalue weighted by Gasteiger charge is -2.42. The van der Waals surface area contributed by atoms with Gasteiger partial charge in [-0.05, 0) is 13.0 Å². The molecule has 2 aromatic rings. The first-order chi connectivity index (χ1) is 20.3. The standard InChI is InChI=1S/C29H31NO13.ClH.H3N/c1-11-24(34)15(30-43-12(2)32)7-19(41-11)42-17-9-29(39,18(33)10-31)8-14-21(17)28(38)23-22(26(14)36)25(35)13-5-4-6-16(40-3)20(13)27(23)37;;/h4-6,11,15,17,19,24,30-31,34,36,38-39H,7-10H2,1-3H3;1H;1H3/t11?,15?,17-,19?,24?,29-;;/m0../s1. The zero-order valence-electron chi connectivity index (χ0n) is 24.6. The number of benzene rings is 2. The number of rotatable bonds is 7. The molecule has 0 amide bonds. The van der Waals surface area contributed by atoms with E-state index >= 15 is 0 Å². The second-order valence-corrected chi connectivity index (χ2v) is 10.8. The molecule has 0 radical (unpaired) electrons. The summed E-state index contributed by atoms with van der Waals surface area (Å²) in [4.78, 5) is 56.1. The fourth-order valence-electron chi connectivity index (χ4n) is 5.99. The molecule has 2 aliphatic carbocycles. The third kappa shape index (κ3) is 6.01. The molecule has 15 nitrogen and oxygen atoms in total. The first-order valence-corrected chi connectivity index (χ1v) is 13.5. The fourth-order valence-corrected chi connectivity index (χ4v) is 5.99. The van der Waals surface area contributed by atoms with Crippen molar-refractivity contribution in [3.63, 3.8) is 0 Å². The van der Waals surface area contributed by atoms with Crippen LogP contribution in [-0.2, 0) is 30.3 Å². The number of hydrogen-bond donors (Lipinski definition) is 7. The summed E-state index contributed by atoms with van der Waals surface area (Å²) < 4.78 is 17.1. The van der Waals surface area contributed by atoms with Gasteiger partial charge < -0.3 is 50.7 Å². The minimum atomic E-state index is -2.30. The molecule has 1 fully saturated rings. The van der Waals surface area contributed by atoms with E-state index in [9.17, 15) is 44.7 Å². The molecule has 246 valence electrons. The van der Waals surface area contributed by atoms with Crippen molar-refractivity contribution in [2.24, 2.45) is 0 Å². The summed E-state index contributed by atoms with van der Waals surface area (Å²) in [6, 6.07) is 3.45. The molecule has 1 aliphatic heterocycles. The van der Waals surface area contributed by atoms with Gasteiger partial charge in [-0.15, -0.1) is 17.9 Å².